The average Bonchev–Trinajstić information content (AvgIpc) is 2.80. The molecule has 0 atom stereocenters. The molecule has 0 bridgehead atoms. The van der Waals surface area contributed by atoms with Gasteiger partial charge >= 0.3 is 0 Å². The Morgan fingerprint density at radius 3 is 2.95 bits per heavy atom. The van der Waals surface area contributed by atoms with Gasteiger partial charge in [-0.25, -0.2) is 0 Å². The molecular formula is C16H20N2O. The SMILES string of the molecule is NCc1occc1CN1CCCCc2ccccc21. The molecule has 2 heterocycles. The van der Waals surface area contributed by atoms with Gasteiger partial charge in [0, 0.05) is 24.3 Å². The largest absolute Gasteiger partial charge is 0.468 e. The second-order valence-electron chi connectivity index (χ2n) is 5.08. The maximum atomic E-state index is 5.71. The van der Waals surface area contributed by atoms with Gasteiger partial charge in [0.05, 0.1) is 12.8 Å². The van der Waals surface area contributed by atoms with Crippen molar-refractivity contribution in [1.29, 1.82) is 0 Å². The number of furan rings is 1. The summed E-state index contributed by atoms with van der Waals surface area (Å²) in [6.45, 7) is 2.46. The standard InChI is InChI=1S/C16H20N2O/c17-11-16-14(8-10-19-16)12-18-9-4-3-6-13-5-1-2-7-15(13)18/h1-2,5,7-8,10H,3-4,6,9,11-12,17H2. The highest BCUT2D eigenvalue weighted by Crippen LogP contribution is 2.28. The van der Waals surface area contributed by atoms with Gasteiger partial charge in [-0.1, -0.05) is 18.2 Å². The number of anilines is 1. The lowest BCUT2D eigenvalue weighted by Gasteiger charge is -2.24. The average molecular weight is 256 g/mol. The van der Waals surface area contributed by atoms with Gasteiger partial charge in [0.2, 0.25) is 0 Å². The van der Waals surface area contributed by atoms with Crippen LogP contribution in [0.3, 0.4) is 0 Å². The Balaban J connectivity index is 1.88. The Hall–Kier alpha value is -1.74. The highest BCUT2D eigenvalue weighted by atomic mass is 16.3. The van der Waals surface area contributed by atoms with Gasteiger partial charge < -0.3 is 15.1 Å². The van der Waals surface area contributed by atoms with Crippen LogP contribution in [0.2, 0.25) is 0 Å². The molecule has 0 radical (unpaired) electrons. The molecule has 100 valence electrons. The van der Waals surface area contributed by atoms with Gasteiger partial charge in [0.25, 0.3) is 0 Å². The van der Waals surface area contributed by atoms with E-state index in [0.717, 1.165) is 18.8 Å². The minimum absolute atomic E-state index is 0.470. The second-order valence-corrected chi connectivity index (χ2v) is 5.08. The van der Waals surface area contributed by atoms with Crippen LogP contribution in [-0.2, 0) is 19.5 Å². The Labute approximate surface area is 114 Å². The number of hydrogen-bond acceptors (Lipinski definition) is 3. The number of fused-ring (bicyclic) bond motifs is 1. The summed E-state index contributed by atoms with van der Waals surface area (Å²) in [5, 5.41) is 0. The number of nitrogens with zero attached hydrogens (tertiary/aromatic N) is 1. The first kappa shape index (κ1) is 12.3. The van der Waals surface area contributed by atoms with E-state index in [1.165, 1.54) is 36.1 Å². The summed E-state index contributed by atoms with van der Waals surface area (Å²) in [5.74, 6) is 0.904. The van der Waals surface area contributed by atoms with E-state index in [1.54, 1.807) is 6.26 Å². The summed E-state index contributed by atoms with van der Waals surface area (Å²) in [4.78, 5) is 2.45. The van der Waals surface area contributed by atoms with Crippen LogP contribution < -0.4 is 10.6 Å². The molecule has 1 aromatic heterocycles. The first-order valence-corrected chi connectivity index (χ1v) is 6.96. The lowest BCUT2D eigenvalue weighted by Crippen LogP contribution is -2.24. The van der Waals surface area contributed by atoms with Crippen LogP contribution in [0.4, 0.5) is 5.69 Å². The summed E-state index contributed by atoms with van der Waals surface area (Å²) >= 11 is 0. The Morgan fingerprint density at radius 2 is 2.05 bits per heavy atom. The zero-order valence-electron chi connectivity index (χ0n) is 11.1. The summed E-state index contributed by atoms with van der Waals surface area (Å²) in [6.07, 6.45) is 5.43. The third-order valence-electron chi connectivity index (χ3n) is 3.84. The summed E-state index contributed by atoms with van der Waals surface area (Å²) < 4.78 is 5.42. The van der Waals surface area contributed by atoms with Gasteiger partial charge in [-0.05, 0) is 37.0 Å². The fourth-order valence-corrected chi connectivity index (χ4v) is 2.83. The zero-order chi connectivity index (χ0) is 13.1. The predicted molar refractivity (Wildman–Crippen MR) is 77.0 cm³/mol. The predicted octanol–water partition coefficient (Wildman–Crippen LogP) is 3.08. The molecule has 0 spiro atoms. The van der Waals surface area contributed by atoms with E-state index in [1.807, 2.05) is 6.07 Å². The van der Waals surface area contributed by atoms with Gasteiger partial charge in [-0.2, -0.15) is 0 Å². The molecular weight excluding hydrogens is 236 g/mol. The van der Waals surface area contributed by atoms with Crippen LogP contribution in [0.15, 0.2) is 41.0 Å². The topological polar surface area (TPSA) is 42.4 Å². The highest BCUT2D eigenvalue weighted by molar-refractivity contribution is 5.54. The van der Waals surface area contributed by atoms with Crippen molar-refractivity contribution in [2.75, 3.05) is 11.4 Å². The molecule has 3 rings (SSSR count). The van der Waals surface area contributed by atoms with Crippen molar-refractivity contribution in [2.24, 2.45) is 5.73 Å². The summed E-state index contributed by atoms with van der Waals surface area (Å²) in [7, 11) is 0. The van der Waals surface area contributed by atoms with Crippen molar-refractivity contribution in [2.45, 2.75) is 32.4 Å². The van der Waals surface area contributed by atoms with Gasteiger partial charge in [0.1, 0.15) is 5.76 Å². The maximum Gasteiger partial charge on any atom is 0.122 e. The van der Waals surface area contributed by atoms with Crippen molar-refractivity contribution < 1.29 is 4.42 Å². The van der Waals surface area contributed by atoms with Crippen molar-refractivity contribution >= 4 is 5.69 Å². The summed E-state index contributed by atoms with van der Waals surface area (Å²) in [5.41, 5.74) is 9.74. The number of para-hydroxylation sites is 1. The van der Waals surface area contributed by atoms with Crippen molar-refractivity contribution in [3.8, 4) is 0 Å². The van der Waals surface area contributed by atoms with Gasteiger partial charge in [0.15, 0.2) is 0 Å². The molecule has 1 aliphatic heterocycles. The molecule has 1 aliphatic rings. The van der Waals surface area contributed by atoms with E-state index < -0.39 is 0 Å². The Bertz CT molecular complexity index is 547. The van der Waals surface area contributed by atoms with Crippen molar-refractivity contribution in [3.63, 3.8) is 0 Å². The Morgan fingerprint density at radius 1 is 1.16 bits per heavy atom. The quantitative estimate of drug-likeness (QED) is 0.917. The van der Waals surface area contributed by atoms with Crippen molar-refractivity contribution in [3.05, 3.63) is 53.5 Å². The number of aryl methyl sites for hydroxylation is 1. The number of rotatable bonds is 3. The normalized spacial score (nSPS) is 15.1. The second kappa shape index (κ2) is 5.49. The number of hydrogen-bond donors (Lipinski definition) is 1. The minimum Gasteiger partial charge on any atom is -0.468 e. The lowest BCUT2D eigenvalue weighted by atomic mass is 10.1. The molecule has 1 aromatic carbocycles. The highest BCUT2D eigenvalue weighted by Gasteiger charge is 2.16. The van der Waals surface area contributed by atoms with E-state index >= 15 is 0 Å². The minimum atomic E-state index is 0.470. The fourth-order valence-electron chi connectivity index (χ4n) is 2.83. The molecule has 0 aliphatic carbocycles. The first-order valence-electron chi connectivity index (χ1n) is 6.96. The molecule has 3 heteroatoms. The molecule has 19 heavy (non-hydrogen) atoms. The summed E-state index contributed by atoms with van der Waals surface area (Å²) in [6, 6.07) is 10.8. The van der Waals surface area contributed by atoms with Crippen LogP contribution in [0.5, 0.6) is 0 Å². The molecule has 0 unspecified atom stereocenters. The Kier molecular flexibility index (Phi) is 3.56. The molecule has 0 saturated carbocycles. The van der Waals surface area contributed by atoms with Crippen LogP contribution in [0, 0.1) is 0 Å². The van der Waals surface area contributed by atoms with Crippen molar-refractivity contribution in [1.82, 2.24) is 0 Å². The molecule has 0 amide bonds. The third kappa shape index (κ3) is 2.51. The van der Waals surface area contributed by atoms with Gasteiger partial charge in [-0.3, -0.25) is 0 Å². The molecule has 0 fully saturated rings. The third-order valence-corrected chi connectivity index (χ3v) is 3.84. The van der Waals surface area contributed by atoms with E-state index in [2.05, 4.69) is 29.2 Å². The van der Waals surface area contributed by atoms with Crippen LogP contribution in [0.25, 0.3) is 0 Å². The number of benzene rings is 1. The van der Waals surface area contributed by atoms with E-state index in [9.17, 15) is 0 Å². The van der Waals surface area contributed by atoms with Crippen LogP contribution in [-0.4, -0.2) is 6.54 Å². The van der Waals surface area contributed by atoms with Crippen LogP contribution >= 0.6 is 0 Å². The fraction of sp³-hybridized carbons (Fsp3) is 0.375. The van der Waals surface area contributed by atoms with Gasteiger partial charge in [-0.15, -0.1) is 0 Å². The van der Waals surface area contributed by atoms with E-state index in [-0.39, 0.29) is 0 Å². The number of nitrogens with two attached hydrogens (primary N) is 1. The molecule has 2 N–H and O–H groups in total. The molecule has 3 nitrogen and oxygen atoms in total. The van der Waals surface area contributed by atoms with E-state index in [4.69, 9.17) is 10.2 Å². The van der Waals surface area contributed by atoms with E-state index in [0.29, 0.717) is 6.54 Å². The monoisotopic (exact) mass is 256 g/mol. The lowest BCUT2D eigenvalue weighted by molar-refractivity contribution is 0.506. The maximum absolute atomic E-state index is 5.71. The zero-order valence-corrected chi connectivity index (χ0v) is 11.1. The first-order chi connectivity index (χ1) is 9.38. The smallest absolute Gasteiger partial charge is 0.122 e. The molecule has 0 saturated heterocycles. The van der Waals surface area contributed by atoms with Crippen LogP contribution in [0.1, 0.15) is 29.7 Å². The molecule has 2 aromatic rings.